The lowest BCUT2D eigenvalue weighted by Crippen LogP contribution is -2.02. The summed E-state index contributed by atoms with van der Waals surface area (Å²) in [6.07, 6.45) is 0. The molecule has 3 rings (SSSR count). The monoisotopic (exact) mass is 426 g/mol. The van der Waals surface area contributed by atoms with Crippen molar-refractivity contribution in [3.63, 3.8) is 0 Å². The van der Waals surface area contributed by atoms with Crippen LogP contribution < -0.4 is 5.73 Å². The van der Waals surface area contributed by atoms with E-state index in [2.05, 4.69) is 33.1 Å². The van der Waals surface area contributed by atoms with Gasteiger partial charge in [-0.15, -0.1) is 23.1 Å². The summed E-state index contributed by atoms with van der Waals surface area (Å²) in [5, 5.41) is 21.6. The molecule has 0 aliphatic rings. The number of nitrogen functional groups attached to an aromatic ring is 1. The van der Waals surface area contributed by atoms with Crippen LogP contribution in [0.15, 0.2) is 51.3 Å². The van der Waals surface area contributed by atoms with Gasteiger partial charge in [-0.05, 0) is 29.1 Å². The molecule has 7 heteroatoms. The number of aromatic nitrogens is 1. The summed E-state index contributed by atoms with van der Waals surface area (Å²) >= 11 is 6.32. The number of benzene rings is 1. The zero-order chi connectivity index (χ0) is 17.8. The fourth-order valence-electron chi connectivity index (χ4n) is 2.30. The second kappa shape index (κ2) is 7.71. The minimum Gasteiger partial charge on any atom is -0.383 e. The lowest BCUT2D eigenvalue weighted by molar-refractivity contribution is 1.11. The van der Waals surface area contributed by atoms with E-state index in [1.54, 1.807) is 0 Å². The van der Waals surface area contributed by atoms with E-state index in [-0.39, 0.29) is 11.4 Å². The molecule has 0 saturated carbocycles. The number of halogens is 1. The van der Waals surface area contributed by atoms with E-state index in [0.717, 1.165) is 14.9 Å². The van der Waals surface area contributed by atoms with Gasteiger partial charge < -0.3 is 5.73 Å². The fraction of sp³-hybridized carbons (Fsp3) is 0.0556. The number of anilines is 1. The highest BCUT2D eigenvalue weighted by Gasteiger charge is 2.21. The molecule has 0 radical (unpaired) electrons. The second-order valence-corrected chi connectivity index (χ2v) is 7.87. The summed E-state index contributed by atoms with van der Waals surface area (Å²) in [7, 11) is 0. The normalized spacial score (nSPS) is 10.2. The Morgan fingerprint density at radius 3 is 2.44 bits per heavy atom. The SMILES string of the molecule is N#Cc1c(N)nc(SCc2ccc(Br)cc2)c(C#N)c1-c1cccs1. The fourth-order valence-corrected chi connectivity index (χ4v) is 4.30. The van der Waals surface area contributed by atoms with E-state index in [0.29, 0.717) is 21.9 Å². The van der Waals surface area contributed by atoms with Crippen molar-refractivity contribution in [1.82, 2.24) is 4.98 Å². The Balaban J connectivity index is 2.04. The molecule has 0 unspecified atom stereocenters. The Bertz CT molecular complexity index is 984. The van der Waals surface area contributed by atoms with Crippen LogP contribution in [0.25, 0.3) is 10.4 Å². The van der Waals surface area contributed by atoms with E-state index in [9.17, 15) is 10.5 Å². The largest absolute Gasteiger partial charge is 0.383 e. The van der Waals surface area contributed by atoms with Crippen molar-refractivity contribution < 1.29 is 0 Å². The summed E-state index contributed by atoms with van der Waals surface area (Å²) in [5.41, 5.74) is 8.33. The van der Waals surface area contributed by atoms with Crippen LogP contribution in [-0.4, -0.2) is 4.98 Å². The van der Waals surface area contributed by atoms with Crippen LogP contribution in [0.4, 0.5) is 5.82 Å². The number of nitrogens with two attached hydrogens (primary N) is 1. The van der Waals surface area contributed by atoms with E-state index >= 15 is 0 Å². The quantitative estimate of drug-likeness (QED) is 0.579. The Labute approximate surface area is 162 Å². The van der Waals surface area contributed by atoms with Crippen LogP contribution in [0.2, 0.25) is 0 Å². The third-order valence-electron chi connectivity index (χ3n) is 3.47. The van der Waals surface area contributed by atoms with Crippen molar-refractivity contribution >= 4 is 44.8 Å². The van der Waals surface area contributed by atoms with Gasteiger partial charge in [-0.2, -0.15) is 10.5 Å². The van der Waals surface area contributed by atoms with E-state index in [1.165, 1.54) is 23.1 Å². The maximum Gasteiger partial charge on any atom is 0.143 e. The maximum absolute atomic E-state index is 9.69. The van der Waals surface area contributed by atoms with Gasteiger partial charge in [-0.3, -0.25) is 0 Å². The highest BCUT2D eigenvalue weighted by Crippen LogP contribution is 2.38. The van der Waals surface area contributed by atoms with E-state index in [1.807, 2.05) is 41.8 Å². The molecule has 0 bridgehead atoms. The van der Waals surface area contributed by atoms with Crippen LogP contribution in [0, 0.1) is 22.7 Å². The van der Waals surface area contributed by atoms with Crippen molar-refractivity contribution in [3.05, 3.63) is 62.9 Å². The van der Waals surface area contributed by atoms with Crippen LogP contribution in [-0.2, 0) is 5.75 Å². The van der Waals surface area contributed by atoms with Crippen molar-refractivity contribution in [2.24, 2.45) is 0 Å². The van der Waals surface area contributed by atoms with Gasteiger partial charge in [0.25, 0.3) is 0 Å². The topological polar surface area (TPSA) is 86.5 Å². The first-order chi connectivity index (χ1) is 12.1. The second-order valence-electron chi connectivity index (χ2n) is 5.04. The number of pyridine rings is 1. The Morgan fingerprint density at radius 2 is 1.84 bits per heavy atom. The van der Waals surface area contributed by atoms with Gasteiger partial charge in [-0.1, -0.05) is 34.1 Å². The van der Waals surface area contributed by atoms with Crippen LogP contribution in [0.1, 0.15) is 16.7 Å². The molecule has 0 saturated heterocycles. The molecule has 0 aliphatic heterocycles. The Morgan fingerprint density at radius 1 is 1.12 bits per heavy atom. The number of nitriles is 2. The smallest absolute Gasteiger partial charge is 0.143 e. The number of hydrogen-bond donors (Lipinski definition) is 1. The molecule has 122 valence electrons. The van der Waals surface area contributed by atoms with Gasteiger partial charge in [0.1, 0.15) is 28.5 Å². The van der Waals surface area contributed by atoms with Crippen molar-refractivity contribution in [2.45, 2.75) is 10.8 Å². The molecule has 2 heterocycles. The van der Waals surface area contributed by atoms with E-state index < -0.39 is 0 Å². The molecule has 0 fully saturated rings. The number of thioether (sulfide) groups is 1. The van der Waals surface area contributed by atoms with Gasteiger partial charge in [0, 0.05) is 20.7 Å². The number of thiophene rings is 1. The van der Waals surface area contributed by atoms with Gasteiger partial charge in [0.15, 0.2) is 0 Å². The summed E-state index contributed by atoms with van der Waals surface area (Å²) in [4.78, 5) is 5.15. The van der Waals surface area contributed by atoms with Gasteiger partial charge in [0.05, 0.1) is 5.56 Å². The van der Waals surface area contributed by atoms with Gasteiger partial charge in [-0.25, -0.2) is 4.98 Å². The number of hydrogen-bond acceptors (Lipinski definition) is 6. The highest BCUT2D eigenvalue weighted by atomic mass is 79.9. The summed E-state index contributed by atoms with van der Waals surface area (Å²) in [6, 6.07) is 16.0. The number of rotatable bonds is 4. The van der Waals surface area contributed by atoms with Crippen molar-refractivity contribution in [1.29, 1.82) is 10.5 Å². The molecule has 0 aliphatic carbocycles. The third-order valence-corrected chi connectivity index (χ3v) is 5.93. The Kier molecular flexibility index (Phi) is 5.40. The maximum atomic E-state index is 9.69. The van der Waals surface area contributed by atoms with Crippen LogP contribution >= 0.6 is 39.0 Å². The molecule has 0 amide bonds. The molecular formula is C18H11BrN4S2. The Hall–Kier alpha value is -2.32. The zero-order valence-corrected chi connectivity index (χ0v) is 16.1. The summed E-state index contributed by atoms with van der Waals surface area (Å²) < 4.78 is 1.01. The molecule has 3 aromatic rings. The van der Waals surface area contributed by atoms with Crippen LogP contribution in [0.3, 0.4) is 0 Å². The summed E-state index contributed by atoms with van der Waals surface area (Å²) in [5.74, 6) is 0.813. The molecule has 25 heavy (non-hydrogen) atoms. The van der Waals surface area contributed by atoms with Crippen molar-refractivity contribution in [2.75, 3.05) is 5.73 Å². The first kappa shape index (κ1) is 17.5. The molecular weight excluding hydrogens is 416 g/mol. The van der Waals surface area contributed by atoms with Gasteiger partial charge in [0.2, 0.25) is 0 Å². The molecule has 2 aromatic heterocycles. The molecule has 2 N–H and O–H groups in total. The highest BCUT2D eigenvalue weighted by molar-refractivity contribution is 9.10. The first-order valence-corrected chi connectivity index (χ1v) is 9.84. The minimum absolute atomic E-state index is 0.156. The summed E-state index contributed by atoms with van der Waals surface area (Å²) in [6.45, 7) is 0. The lowest BCUT2D eigenvalue weighted by Gasteiger charge is -2.11. The average Bonchev–Trinajstić information content (AvgIpc) is 3.14. The number of nitrogens with zero attached hydrogens (tertiary/aromatic N) is 3. The minimum atomic E-state index is 0.156. The van der Waals surface area contributed by atoms with Gasteiger partial charge >= 0.3 is 0 Å². The lowest BCUT2D eigenvalue weighted by atomic mass is 10.0. The predicted octanol–water partition coefficient (Wildman–Crippen LogP) is 5.19. The van der Waals surface area contributed by atoms with E-state index in [4.69, 9.17) is 5.73 Å². The zero-order valence-electron chi connectivity index (χ0n) is 12.9. The first-order valence-electron chi connectivity index (χ1n) is 7.18. The average molecular weight is 427 g/mol. The molecule has 1 aromatic carbocycles. The van der Waals surface area contributed by atoms with Crippen molar-refractivity contribution in [3.8, 4) is 22.6 Å². The standard InChI is InChI=1S/C18H11BrN4S2/c19-12-5-3-11(4-6-12)10-25-18-14(9-21)16(15-2-1-7-24-15)13(8-20)17(22)23-18/h1-7H,10H2,(H2,22,23). The molecule has 0 atom stereocenters. The molecule has 0 spiro atoms. The molecule has 4 nitrogen and oxygen atoms in total. The predicted molar refractivity (Wildman–Crippen MR) is 105 cm³/mol. The van der Waals surface area contributed by atoms with Crippen LogP contribution in [0.5, 0.6) is 0 Å². The third kappa shape index (κ3) is 3.69.